The van der Waals surface area contributed by atoms with Crippen LogP contribution in [0.4, 0.5) is 4.79 Å². The average Bonchev–Trinajstić information content (AvgIpc) is 2.21. The lowest BCUT2D eigenvalue weighted by Gasteiger charge is -2.32. The Hall–Kier alpha value is -0.810. The summed E-state index contributed by atoms with van der Waals surface area (Å²) in [6.07, 6.45) is 0.0164. The second-order valence-corrected chi connectivity index (χ2v) is 5.20. The smallest absolute Gasteiger partial charge is 0.410 e. The quantitative estimate of drug-likeness (QED) is 0.770. The van der Waals surface area contributed by atoms with Gasteiger partial charge in [0, 0.05) is 7.05 Å². The normalized spacial score (nSPS) is 15.2. The van der Waals surface area contributed by atoms with Crippen LogP contribution in [0.3, 0.4) is 0 Å². The molecule has 1 amide bonds. The zero-order valence-electron chi connectivity index (χ0n) is 11.4. The third-order valence-corrected chi connectivity index (χ3v) is 2.39. The van der Waals surface area contributed by atoms with Crippen molar-refractivity contribution in [2.75, 3.05) is 13.7 Å². The number of nitrogens with zero attached hydrogens (tertiary/aromatic N) is 1. The third kappa shape index (κ3) is 5.89. The maximum atomic E-state index is 11.8. The summed E-state index contributed by atoms with van der Waals surface area (Å²) < 4.78 is 5.22. The average molecular weight is 247 g/mol. The van der Waals surface area contributed by atoms with Crippen LogP contribution < -0.4 is 0 Å². The topological polar surface area (TPSA) is 70.0 Å². The highest BCUT2D eigenvalue weighted by atomic mass is 16.6. The minimum Gasteiger partial charge on any atom is -0.444 e. The molecule has 0 unspecified atom stereocenters. The zero-order chi connectivity index (χ0) is 13.6. The standard InChI is InChI=1S/C12H25NO4/c1-6-7-9(10(15)8-14)13(5)11(16)17-12(2,3)4/h9-10,14-15H,6-8H2,1-5H3/t9-,10+/m1/s1. The van der Waals surface area contributed by atoms with Gasteiger partial charge in [-0.25, -0.2) is 4.79 Å². The summed E-state index contributed by atoms with van der Waals surface area (Å²) in [6, 6.07) is -0.417. The summed E-state index contributed by atoms with van der Waals surface area (Å²) in [5, 5.41) is 18.6. The van der Waals surface area contributed by atoms with E-state index >= 15 is 0 Å². The molecular weight excluding hydrogens is 222 g/mol. The number of amides is 1. The molecule has 2 N–H and O–H groups in total. The first-order valence-corrected chi connectivity index (χ1v) is 5.97. The van der Waals surface area contributed by atoms with Crippen molar-refractivity contribution >= 4 is 6.09 Å². The van der Waals surface area contributed by atoms with Crippen LogP contribution in [0.15, 0.2) is 0 Å². The third-order valence-electron chi connectivity index (χ3n) is 2.39. The van der Waals surface area contributed by atoms with Gasteiger partial charge in [-0.2, -0.15) is 0 Å². The van der Waals surface area contributed by atoms with E-state index in [9.17, 15) is 9.90 Å². The summed E-state index contributed by atoms with van der Waals surface area (Å²) in [4.78, 5) is 13.2. The molecule has 0 aromatic rings. The molecule has 0 bridgehead atoms. The maximum absolute atomic E-state index is 11.8. The van der Waals surface area contributed by atoms with Crippen LogP contribution in [-0.4, -0.2) is 52.6 Å². The van der Waals surface area contributed by atoms with E-state index in [-0.39, 0.29) is 6.61 Å². The van der Waals surface area contributed by atoms with Gasteiger partial charge < -0.3 is 19.8 Å². The highest BCUT2D eigenvalue weighted by Gasteiger charge is 2.29. The van der Waals surface area contributed by atoms with Gasteiger partial charge in [0.05, 0.1) is 18.8 Å². The number of aliphatic hydroxyl groups is 2. The fourth-order valence-electron chi connectivity index (χ4n) is 1.53. The molecule has 0 aliphatic carbocycles. The maximum Gasteiger partial charge on any atom is 0.410 e. The molecule has 0 aromatic carbocycles. The molecular formula is C12H25NO4. The number of carbonyl (C=O) groups excluding carboxylic acids is 1. The van der Waals surface area contributed by atoms with Crippen LogP contribution in [-0.2, 0) is 4.74 Å². The number of rotatable bonds is 5. The Morgan fingerprint density at radius 3 is 2.29 bits per heavy atom. The highest BCUT2D eigenvalue weighted by Crippen LogP contribution is 2.15. The van der Waals surface area contributed by atoms with Gasteiger partial charge in [-0.3, -0.25) is 0 Å². The van der Waals surface area contributed by atoms with Crippen LogP contribution in [0.1, 0.15) is 40.5 Å². The second kappa shape index (κ2) is 6.81. The van der Waals surface area contributed by atoms with E-state index in [2.05, 4.69) is 0 Å². The van der Waals surface area contributed by atoms with Gasteiger partial charge in [0.1, 0.15) is 5.60 Å². The molecule has 0 aliphatic heterocycles. The van der Waals surface area contributed by atoms with Crippen LogP contribution >= 0.6 is 0 Å². The summed E-state index contributed by atoms with van der Waals surface area (Å²) in [7, 11) is 1.58. The van der Waals surface area contributed by atoms with Crippen molar-refractivity contribution in [1.82, 2.24) is 4.90 Å². The summed E-state index contributed by atoms with van der Waals surface area (Å²) in [6.45, 7) is 6.96. The van der Waals surface area contributed by atoms with E-state index in [1.165, 1.54) is 4.90 Å². The summed E-state index contributed by atoms with van der Waals surface area (Å²) >= 11 is 0. The molecule has 0 radical (unpaired) electrons. The molecule has 0 saturated carbocycles. The van der Waals surface area contributed by atoms with Crippen molar-refractivity contribution in [2.24, 2.45) is 0 Å². The van der Waals surface area contributed by atoms with E-state index in [0.717, 1.165) is 6.42 Å². The Labute approximate surface area is 103 Å². The predicted molar refractivity (Wildman–Crippen MR) is 65.8 cm³/mol. The Bertz CT molecular complexity index is 237. The number of ether oxygens (including phenoxy) is 1. The minimum absolute atomic E-state index is 0.363. The molecule has 0 rings (SSSR count). The molecule has 17 heavy (non-hydrogen) atoms. The summed E-state index contributed by atoms with van der Waals surface area (Å²) in [5.74, 6) is 0. The van der Waals surface area contributed by atoms with Crippen LogP contribution in [0.2, 0.25) is 0 Å². The first-order chi connectivity index (χ1) is 7.72. The number of hydrogen-bond acceptors (Lipinski definition) is 4. The molecule has 0 saturated heterocycles. The van der Waals surface area contributed by atoms with E-state index in [1.54, 1.807) is 27.8 Å². The van der Waals surface area contributed by atoms with E-state index in [4.69, 9.17) is 9.84 Å². The first-order valence-electron chi connectivity index (χ1n) is 5.97. The van der Waals surface area contributed by atoms with E-state index in [0.29, 0.717) is 6.42 Å². The molecule has 0 fully saturated rings. The van der Waals surface area contributed by atoms with E-state index in [1.807, 2.05) is 6.92 Å². The van der Waals surface area contributed by atoms with Crippen molar-refractivity contribution in [3.8, 4) is 0 Å². The number of carbonyl (C=O) groups is 1. The molecule has 102 valence electrons. The second-order valence-electron chi connectivity index (χ2n) is 5.20. The SMILES string of the molecule is CCC[C@H]([C@@H](O)CO)N(C)C(=O)OC(C)(C)C. The molecule has 0 aliphatic rings. The van der Waals surface area contributed by atoms with Gasteiger partial charge in [0.25, 0.3) is 0 Å². The minimum atomic E-state index is -0.938. The number of aliphatic hydroxyl groups excluding tert-OH is 2. The van der Waals surface area contributed by atoms with Crippen molar-refractivity contribution in [3.05, 3.63) is 0 Å². The van der Waals surface area contributed by atoms with Gasteiger partial charge >= 0.3 is 6.09 Å². The van der Waals surface area contributed by atoms with Crippen molar-refractivity contribution in [1.29, 1.82) is 0 Å². The van der Waals surface area contributed by atoms with Crippen molar-refractivity contribution in [3.63, 3.8) is 0 Å². The molecule has 2 atom stereocenters. The Kier molecular flexibility index (Phi) is 6.49. The zero-order valence-corrected chi connectivity index (χ0v) is 11.4. The van der Waals surface area contributed by atoms with Gasteiger partial charge in [0.15, 0.2) is 0 Å². The largest absolute Gasteiger partial charge is 0.444 e. The van der Waals surface area contributed by atoms with Crippen molar-refractivity contribution in [2.45, 2.75) is 58.3 Å². The van der Waals surface area contributed by atoms with Crippen LogP contribution in [0, 0.1) is 0 Å². The predicted octanol–water partition coefficient (Wildman–Crippen LogP) is 1.38. The van der Waals surface area contributed by atoms with Crippen LogP contribution in [0.5, 0.6) is 0 Å². The van der Waals surface area contributed by atoms with Crippen molar-refractivity contribution < 1.29 is 19.7 Å². The number of likely N-dealkylation sites (N-methyl/N-ethyl adjacent to an activating group) is 1. The first kappa shape index (κ1) is 16.2. The van der Waals surface area contributed by atoms with Gasteiger partial charge in [-0.1, -0.05) is 13.3 Å². The molecule has 0 aromatic heterocycles. The Morgan fingerprint density at radius 1 is 1.41 bits per heavy atom. The Balaban J connectivity index is 4.60. The van der Waals surface area contributed by atoms with Gasteiger partial charge in [-0.15, -0.1) is 0 Å². The number of hydrogen-bond donors (Lipinski definition) is 2. The molecule has 5 nitrogen and oxygen atoms in total. The molecule has 5 heteroatoms. The fraction of sp³-hybridized carbons (Fsp3) is 0.917. The van der Waals surface area contributed by atoms with E-state index < -0.39 is 23.8 Å². The monoisotopic (exact) mass is 247 g/mol. The molecule has 0 spiro atoms. The summed E-state index contributed by atoms with van der Waals surface area (Å²) in [5.41, 5.74) is -0.563. The Morgan fingerprint density at radius 2 is 1.94 bits per heavy atom. The highest BCUT2D eigenvalue weighted by molar-refractivity contribution is 5.68. The molecule has 0 heterocycles. The lowest BCUT2D eigenvalue weighted by Crippen LogP contribution is -2.47. The van der Waals surface area contributed by atoms with Crippen LogP contribution in [0.25, 0.3) is 0 Å². The van der Waals surface area contributed by atoms with Gasteiger partial charge in [0.2, 0.25) is 0 Å². The lowest BCUT2D eigenvalue weighted by molar-refractivity contribution is -0.0127. The van der Waals surface area contributed by atoms with Gasteiger partial charge in [-0.05, 0) is 27.2 Å². The lowest BCUT2D eigenvalue weighted by atomic mass is 10.1. The fourth-order valence-corrected chi connectivity index (χ4v) is 1.53.